The Labute approximate surface area is 249 Å². The molecule has 0 bridgehead atoms. The van der Waals surface area contributed by atoms with Crippen LogP contribution in [0.2, 0.25) is 0 Å². The van der Waals surface area contributed by atoms with Crippen LogP contribution < -0.4 is 14.8 Å². The Hall–Kier alpha value is -4.57. The van der Waals surface area contributed by atoms with Gasteiger partial charge in [-0.2, -0.15) is 0 Å². The van der Waals surface area contributed by atoms with E-state index in [0.29, 0.717) is 41.1 Å². The van der Waals surface area contributed by atoms with E-state index in [0.717, 1.165) is 22.5 Å². The molecule has 9 nitrogen and oxygen atoms in total. The first-order valence-electron chi connectivity index (χ1n) is 13.6. The van der Waals surface area contributed by atoms with Crippen LogP contribution in [0.5, 0.6) is 11.5 Å². The van der Waals surface area contributed by atoms with E-state index >= 15 is 0 Å². The Balaban J connectivity index is 1.43. The number of aliphatic imine (C=N–C) groups is 1. The van der Waals surface area contributed by atoms with Gasteiger partial charge >= 0.3 is 5.97 Å². The van der Waals surface area contributed by atoms with E-state index in [1.165, 1.54) is 11.8 Å². The Morgan fingerprint density at radius 2 is 1.86 bits per heavy atom. The topological polar surface area (TPSA) is 102 Å². The minimum Gasteiger partial charge on any atom is -0.493 e. The predicted molar refractivity (Wildman–Crippen MR) is 161 cm³/mol. The molecule has 216 valence electrons. The molecule has 2 aromatic carbocycles. The number of carbonyl (C=O) groups is 2. The molecular formula is C32H32N4O5S. The number of esters is 1. The highest BCUT2D eigenvalue weighted by atomic mass is 32.2. The number of allylic oxidation sites excluding steroid dienone is 1. The average molecular weight is 585 g/mol. The number of amides is 1. The minimum atomic E-state index is -0.585. The summed E-state index contributed by atoms with van der Waals surface area (Å²) in [6, 6.07) is 20.5. The molecule has 3 heterocycles. The number of amidine groups is 1. The maximum absolute atomic E-state index is 13.3. The zero-order valence-corrected chi connectivity index (χ0v) is 24.5. The lowest BCUT2D eigenvalue weighted by atomic mass is 9.93. The summed E-state index contributed by atoms with van der Waals surface area (Å²) in [5.41, 5.74) is 4.27. The standard InChI is InChI=1S/C32H32N4O5S/c1-4-40-31(38)29-21(2)35-32-36(25(20-42-32)17-28(37)34-18-24-12-8-9-15-33-24)30(29)23-13-14-26(27(16-23)39-3)41-19-22-10-6-5-7-11-22/h5-16,20,30H,4,17-19H2,1-3H3,(H,34,37)/t30-/m0/s1. The molecular weight excluding hydrogens is 552 g/mol. The van der Waals surface area contributed by atoms with Crippen molar-refractivity contribution < 1.29 is 23.8 Å². The third-order valence-corrected chi connectivity index (χ3v) is 7.66. The first-order valence-corrected chi connectivity index (χ1v) is 14.5. The van der Waals surface area contributed by atoms with Gasteiger partial charge in [-0.15, -0.1) is 0 Å². The van der Waals surface area contributed by atoms with E-state index in [1.807, 2.05) is 77.0 Å². The van der Waals surface area contributed by atoms with Gasteiger partial charge in [-0.1, -0.05) is 54.2 Å². The normalized spacial score (nSPS) is 15.9. The molecule has 1 atom stereocenters. The van der Waals surface area contributed by atoms with Crippen LogP contribution >= 0.6 is 11.8 Å². The summed E-state index contributed by atoms with van der Waals surface area (Å²) < 4.78 is 17.3. The Bertz CT molecular complexity index is 1540. The molecule has 1 N–H and O–H groups in total. The first kappa shape index (κ1) is 28.9. The van der Waals surface area contributed by atoms with Crippen molar-refractivity contribution in [1.29, 1.82) is 0 Å². The van der Waals surface area contributed by atoms with Crippen molar-refractivity contribution in [2.75, 3.05) is 13.7 Å². The van der Waals surface area contributed by atoms with Crippen LogP contribution in [-0.2, 0) is 27.5 Å². The number of ether oxygens (including phenoxy) is 3. The number of methoxy groups -OCH3 is 1. The molecule has 2 aliphatic rings. The van der Waals surface area contributed by atoms with Gasteiger partial charge < -0.3 is 24.4 Å². The van der Waals surface area contributed by atoms with E-state index < -0.39 is 12.0 Å². The summed E-state index contributed by atoms with van der Waals surface area (Å²) >= 11 is 1.42. The molecule has 0 saturated heterocycles. The molecule has 0 aliphatic carbocycles. The second-order valence-electron chi connectivity index (χ2n) is 9.57. The molecule has 0 saturated carbocycles. The molecule has 5 rings (SSSR count). The fourth-order valence-electron chi connectivity index (χ4n) is 4.78. The molecule has 10 heteroatoms. The summed E-state index contributed by atoms with van der Waals surface area (Å²) in [6.45, 7) is 4.50. The Morgan fingerprint density at radius 3 is 2.60 bits per heavy atom. The van der Waals surface area contributed by atoms with Crippen LogP contribution in [0.3, 0.4) is 0 Å². The lowest BCUT2D eigenvalue weighted by Gasteiger charge is -2.36. The fourth-order valence-corrected chi connectivity index (χ4v) is 5.75. The largest absolute Gasteiger partial charge is 0.493 e. The van der Waals surface area contributed by atoms with Gasteiger partial charge in [-0.3, -0.25) is 9.78 Å². The number of carbonyl (C=O) groups excluding carboxylic acids is 2. The van der Waals surface area contributed by atoms with Gasteiger partial charge in [-0.25, -0.2) is 9.79 Å². The van der Waals surface area contributed by atoms with Crippen LogP contribution in [-0.4, -0.2) is 40.6 Å². The number of pyridine rings is 1. The number of fused-ring (bicyclic) bond motifs is 1. The molecule has 42 heavy (non-hydrogen) atoms. The van der Waals surface area contributed by atoms with Crippen LogP contribution in [0.15, 0.2) is 100 Å². The van der Waals surface area contributed by atoms with E-state index in [2.05, 4.69) is 10.3 Å². The monoisotopic (exact) mass is 584 g/mol. The number of nitrogens with zero attached hydrogens (tertiary/aromatic N) is 3. The molecule has 0 unspecified atom stereocenters. The van der Waals surface area contributed by atoms with Gasteiger partial charge in [0.15, 0.2) is 16.7 Å². The van der Waals surface area contributed by atoms with Crippen LogP contribution in [0.4, 0.5) is 0 Å². The van der Waals surface area contributed by atoms with Crippen molar-refractivity contribution in [3.8, 4) is 11.5 Å². The fraction of sp³-hybridized carbons (Fsp3) is 0.250. The van der Waals surface area contributed by atoms with Gasteiger partial charge in [0, 0.05) is 11.9 Å². The molecule has 1 aromatic heterocycles. The summed E-state index contributed by atoms with van der Waals surface area (Å²) in [6.07, 6.45) is 1.79. The van der Waals surface area contributed by atoms with Crippen molar-refractivity contribution in [2.45, 2.75) is 39.5 Å². The Morgan fingerprint density at radius 1 is 1.05 bits per heavy atom. The van der Waals surface area contributed by atoms with Crippen molar-refractivity contribution in [1.82, 2.24) is 15.2 Å². The molecule has 2 aliphatic heterocycles. The van der Waals surface area contributed by atoms with Crippen LogP contribution in [0, 0.1) is 0 Å². The highest BCUT2D eigenvalue weighted by Crippen LogP contribution is 2.46. The number of benzene rings is 2. The second kappa shape index (κ2) is 13.4. The number of rotatable bonds is 11. The molecule has 1 amide bonds. The van der Waals surface area contributed by atoms with Crippen LogP contribution in [0.25, 0.3) is 0 Å². The number of nitrogens with one attached hydrogen (secondary N) is 1. The SMILES string of the molecule is CCOC(=O)C1=C(C)N=C2SC=C(CC(=O)NCc3ccccn3)N2[C@H]1c1ccc(OCc2ccccc2)c(OC)c1. The molecule has 0 radical (unpaired) electrons. The van der Waals surface area contributed by atoms with Gasteiger partial charge in [0.1, 0.15) is 6.61 Å². The maximum atomic E-state index is 13.3. The summed E-state index contributed by atoms with van der Waals surface area (Å²) in [4.78, 5) is 37.2. The van der Waals surface area contributed by atoms with Gasteiger partial charge in [-0.05, 0) is 54.6 Å². The quantitative estimate of drug-likeness (QED) is 0.294. The van der Waals surface area contributed by atoms with Crippen molar-refractivity contribution in [3.05, 3.63) is 112 Å². The van der Waals surface area contributed by atoms with Gasteiger partial charge in [0.05, 0.1) is 49.7 Å². The van der Waals surface area contributed by atoms with Gasteiger partial charge in [0.25, 0.3) is 0 Å². The van der Waals surface area contributed by atoms with E-state index in [4.69, 9.17) is 19.2 Å². The smallest absolute Gasteiger partial charge is 0.338 e. The number of hydrogen-bond acceptors (Lipinski definition) is 9. The Kier molecular flexibility index (Phi) is 9.23. The summed E-state index contributed by atoms with van der Waals surface area (Å²) in [5.74, 6) is 0.480. The zero-order valence-electron chi connectivity index (χ0n) is 23.7. The summed E-state index contributed by atoms with van der Waals surface area (Å²) in [5, 5.41) is 5.52. The van der Waals surface area contributed by atoms with Crippen LogP contribution in [0.1, 0.15) is 43.1 Å². The molecule has 3 aromatic rings. The van der Waals surface area contributed by atoms with Crippen molar-refractivity contribution >= 4 is 28.8 Å². The van der Waals surface area contributed by atoms with Crippen molar-refractivity contribution in [3.63, 3.8) is 0 Å². The molecule has 0 fully saturated rings. The third-order valence-electron chi connectivity index (χ3n) is 6.77. The highest BCUT2D eigenvalue weighted by Gasteiger charge is 2.41. The van der Waals surface area contributed by atoms with E-state index in [-0.39, 0.29) is 18.9 Å². The average Bonchev–Trinajstić information content (AvgIpc) is 3.40. The van der Waals surface area contributed by atoms with E-state index in [1.54, 1.807) is 27.2 Å². The summed E-state index contributed by atoms with van der Waals surface area (Å²) in [7, 11) is 1.58. The maximum Gasteiger partial charge on any atom is 0.338 e. The lowest BCUT2D eigenvalue weighted by molar-refractivity contribution is -0.139. The number of aromatic nitrogens is 1. The lowest BCUT2D eigenvalue weighted by Crippen LogP contribution is -2.38. The first-order chi connectivity index (χ1) is 20.5. The number of hydrogen-bond donors (Lipinski definition) is 1. The number of thioether (sulfide) groups is 1. The van der Waals surface area contributed by atoms with Crippen molar-refractivity contribution in [2.24, 2.45) is 4.99 Å². The molecule has 0 spiro atoms. The van der Waals surface area contributed by atoms with Gasteiger partial charge in [0.2, 0.25) is 5.91 Å². The third kappa shape index (κ3) is 6.49. The highest BCUT2D eigenvalue weighted by molar-refractivity contribution is 8.16. The minimum absolute atomic E-state index is 0.0971. The second-order valence-corrected chi connectivity index (χ2v) is 10.4. The van der Waals surface area contributed by atoms with E-state index in [9.17, 15) is 9.59 Å². The predicted octanol–water partition coefficient (Wildman–Crippen LogP) is 5.51. The zero-order chi connectivity index (χ0) is 29.5.